The van der Waals surface area contributed by atoms with Gasteiger partial charge in [-0.1, -0.05) is 30.3 Å². The van der Waals surface area contributed by atoms with Crippen LogP contribution < -0.4 is 10.6 Å². The van der Waals surface area contributed by atoms with Crippen molar-refractivity contribution < 1.29 is 4.79 Å². The number of rotatable bonds is 3. The van der Waals surface area contributed by atoms with Gasteiger partial charge in [-0.05, 0) is 19.3 Å². The summed E-state index contributed by atoms with van der Waals surface area (Å²) in [6.45, 7) is 1.90. The second-order valence-corrected chi connectivity index (χ2v) is 6.00. The average Bonchev–Trinajstić information content (AvgIpc) is 3.07. The van der Waals surface area contributed by atoms with Crippen LogP contribution >= 0.6 is 0 Å². The molecule has 1 fully saturated rings. The molecule has 0 saturated carbocycles. The van der Waals surface area contributed by atoms with Crippen molar-refractivity contribution in [2.75, 3.05) is 18.0 Å². The van der Waals surface area contributed by atoms with Crippen molar-refractivity contribution in [1.29, 1.82) is 0 Å². The Morgan fingerprint density at radius 3 is 2.58 bits per heavy atom. The summed E-state index contributed by atoms with van der Waals surface area (Å²) < 4.78 is 1.87. The Kier molecular flexibility index (Phi) is 3.65. The van der Waals surface area contributed by atoms with E-state index < -0.39 is 5.91 Å². The third kappa shape index (κ3) is 2.50. The minimum Gasteiger partial charge on any atom is -0.365 e. The predicted octanol–water partition coefficient (Wildman–Crippen LogP) is 2.29. The maximum Gasteiger partial charge on any atom is 0.254 e. The Hall–Kier alpha value is -2.89. The number of amides is 1. The summed E-state index contributed by atoms with van der Waals surface area (Å²) in [5, 5.41) is 0. The molecule has 1 radical (unpaired) electrons. The van der Waals surface area contributed by atoms with Crippen LogP contribution in [-0.2, 0) is 0 Å². The second-order valence-electron chi connectivity index (χ2n) is 6.00. The molecular weight excluding hydrogens is 302 g/mol. The van der Waals surface area contributed by atoms with Crippen LogP contribution in [0, 0.1) is 6.20 Å². The number of anilines is 1. The minimum atomic E-state index is -0.567. The van der Waals surface area contributed by atoms with E-state index in [0.717, 1.165) is 43.1 Å². The molecule has 6 heteroatoms. The highest BCUT2D eigenvalue weighted by atomic mass is 16.1. The van der Waals surface area contributed by atoms with Crippen LogP contribution in [0.15, 0.2) is 36.5 Å². The molecule has 1 aromatic carbocycles. The largest absolute Gasteiger partial charge is 0.365 e. The highest BCUT2D eigenvalue weighted by Gasteiger charge is 2.20. The van der Waals surface area contributed by atoms with Gasteiger partial charge >= 0.3 is 0 Å². The molecule has 3 aromatic rings. The van der Waals surface area contributed by atoms with E-state index in [1.165, 1.54) is 6.42 Å². The van der Waals surface area contributed by atoms with Crippen molar-refractivity contribution in [2.45, 2.75) is 19.3 Å². The lowest BCUT2D eigenvalue weighted by Gasteiger charge is -2.28. The minimum absolute atomic E-state index is 0.220. The zero-order valence-corrected chi connectivity index (χ0v) is 13.3. The lowest BCUT2D eigenvalue weighted by Crippen LogP contribution is -2.32. The van der Waals surface area contributed by atoms with Crippen LogP contribution in [0.1, 0.15) is 29.6 Å². The van der Waals surface area contributed by atoms with Gasteiger partial charge in [-0.25, -0.2) is 9.97 Å². The van der Waals surface area contributed by atoms with Gasteiger partial charge in [-0.2, -0.15) is 0 Å². The fourth-order valence-electron chi connectivity index (χ4n) is 3.15. The van der Waals surface area contributed by atoms with E-state index in [4.69, 9.17) is 5.73 Å². The Balaban J connectivity index is 1.90. The molecule has 3 heterocycles. The molecule has 6 nitrogen and oxygen atoms in total. The zero-order valence-electron chi connectivity index (χ0n) is 13.3. The molecule has 0 aliphatic carbocycles. The maximum atomic E-state index is 11.7. The first-order valence-electron chi connectivity index (χ1n) is 8.15. The fraction of sp³-hybridized carbons (Fsp3) is 0.278. The number of primary amides is 1. The summed E-state index contributed by atoms with van der Waals surface area (Å²) >= 11 is 0. The number of imidazole rings is 1. The number of fused-ring (bicyclic) bond motifs is 1. The van der Waals surface area contributed by atoms with Crippen molar-refractivity contribution in [2.24, 2.45) is 5.73 Å². The summed E-state index contributed by atoms with van der Waals surface area (Å²) in [6, 6.07) is 9.87. The van der Waals surface area contributed by atoms with Crippen LogP contribution in [0.4, 0.5) is 5.95 Å². The van der Waals surface area contributed by atoms with Gasteiger partial charge < -0.3 is 10.6 Å². The number of nitrogens with zero attached hydrogens (tertiary/aromatic N) is 4. The third-order valence-electron chi connectivity index (χ3n) is 4.37. The van der Waals surface area contributed by atoms with Crippen LogP contribution in [0.5, 0.6) is 0 Å². The molecule has 121 valence electrons. The fourth-order valence-corrected chi connectivity index (χ4v) is 3.15. The molecule has 2 N–H and O–H groups in total. The lowest BCUT2D eigenvalue weighted by atomic mass is 10.1. The van der Waals surface area contributed by atoms with Gasteiger partial charge in [-0.3, -0.25) is 9.20 Å². The van der Waals surface area contributed by atoms with Gasteiger partial charge in [0.2, 0.25) is 5.95 Å². The smallest absolute Gasteiger partial charge is 0.254 e. The number of piperidine rings is 1. The molecule has 1 aliphatic rings. The molecule has 2 aromatic heterocycles. The van der Waals surface area contributed by atoms with Gasteiger partial charge in [-0.15, -0.1) is 0 Å². The first-order chi connectivity index (χ1) is 11.7. The first kappa shape index (κ1) is 14.7. The molecule has 1 saturated heterocycles. The first-order valence-corrected chi connectivity index (χ1v) is 8.15. The standard InChI is InChI=1S/C18H18N5O/c19-16(24)14-11-20-18(22-9-5-2-6-10-22)23-12-15(21-17(14)23)13-7-3-1-4-8-13/h1,3-4,7-8,12H,2,5-6,9-10H2,(H2,19,24). The van der Waals surface area contributed by atoms with Crippen molar-refractivity contribution in [3.63, 3.8) is 0 Å². The van der Waals surface area contributed by atoms with Crippen molar-refractivity contribution in [3.8, 4) is 11.3 Å². The summed E-state index contributed by atoms with van der Waals surface area (Å²) in [7, 11) is 0. The van der Waals surface area contributed by atoms with Crippen molar-refractivity contribution in [1.82, 2.24) is 14.4 Å². The van der Waals surface area contributed by atoms with Crippen molar-refractivity contribution >= 4 is 17.5 Å². The number of benzene rings is 1. The Bertz CT molecular complexity index is 881. The topological polar surface area (TPSA) is 76.5 Å². The number of hydrogen-bond donors (Lipinski definition) is 1. The van der Waals surface area contributed by atoms with E-state index in [1.807, 2.05) is 40.9 Å². The molecule has 1 aliphatic heterocycles. The van der Waals surface area contributed by atoms with E-state index in [1.54, 1.807) is 0 Å². The van der Waals surface area contributed by atoms with Crippen LogP contribution in [0.3, 0.4) is 0 Å². The molecule has 0 atom stereocenters. The SMILES string of the molecule is NC(=O)c1[c]nc(N2CCCCC2)n2cc(-c3ccccc3)nc12. The second kappa shape index (κ2) is 5.96. The van der Waals surface area contributed by atoms with Crippen molar-refractivity contribution in [3.05, 3.63) is 48.3 Å². The highest BCUT2D eigenvalue weighted by Crippen LogP contribution is 2.25. The summed E-state index contributed by atoms with van der Waals surface area (Å²) in [6.07, 6.45) is 8.23. The molecule has 4 rings (SSSR count). The van der Waals surface area contributed by atoms with E-state index in [-0.39, 0.29) is 5.56 Å². The lowest BCUT2D eigenvalue weighted by molar-refractivity contribution is 0.100. The summed E-state index contributed by atoms with van der Waals surface area (Å²) in [5.41, 5.74) is 7.99. The Morgan fingerprint density at radius 2 is 1.88 bits per heavy atom. The normalized spacial score (nSPS) is 14.9. The van der Waals surface area contributed by atoms with E-state index in [9.17, 15) is 4.79 Å². The summed E-state index contributed by atoms with van der Waals surface area (Å²) in [4.78, 5) is 23.0. The number of carbonyl (C=O) groups is 1. The number of nitrogens with two attached hydrogens (primary N) is 1. The van der Waals surface area contributed by atoms with Crippen LogP contribution in [0.25, 0.3) is 16.9 Å². The summed E-state index contributed by atoms with van der Waals surface area (Å²) in [5.74, 6) is 0.201. The van der Waals surface area contributed by atoms with Gasteiger partial charge in [0.15, 0.2) is 5.65 Å². The van der Waals surface area contributed by atoms with E-state index in [2.05, 4.69) is 21.1 Å². The van der Waals surface area contributed by atoms with Crippen LogP contribution in [0.2, 0.25) is 0 Å². The maximum absolute atomic E-state index is 11.7. The number of aromatic nitrogens is 3. The Morgan fingerprint density at radius 1 is 1.12 bits per heavy atom. The van der Waals surface area contributed by atoms with Crippen LogP contribution in [-0.4, -0.2) is 33.4 Å². The van der Waals surface area contributed by atoms with Gasteiger partial charge in [0.1, 0.15) is 11.8 Å². The molecule has 1 amide bonds. The molecule has 24 heavy (non-hydrogen) atoms. The molecular formula is C18H18N5O. The van der Waals surface area contributed by atoms with Gasteiger partial charge in [0.25, 0.3) is 5.91 Å². The number of hydrogen-bond acceptors (Lipinski definition) is 4. The van der Waals surface area contributed by atoms with E-state index >= 15 is 0 Å². The molecule has 0 spiro atoms. The number of carbonyl (C=O) groups excluding carboxylic acids is 1. The highest BCUT2D eigenvalue weighted by molar-refractivity contribution is 5.98. The Labute approximate surface area is 139 Å². The quantitative estimate of drug-likeness (QED) is 0.803. The average molecular weight is 320 g/mol. The van der Waals surface area contributed by atoms with Gasteiger partial charge in [0, 0.05) is 24.8 Å². The van der Waals surface area contributed by atoms with Gasteiger partial charge in [0.05, 0.1) is 5.69 Å². The third-order valence-corrected chi connectivity index (χ3v) is 4.37. The monoisotopic (exact) mass is 320 g/mol. The predicted molar refractivity (Wildman–Crippen MR) is 91.8 cm³/mol. The molecule has 0 bridgehead atoms. The molecule has 0 unspecified atom stereocenters. The van der Waals surface area contributed by atoms with E-state index in [0.29, 0.717) is 5.65 Å². The zero-order chi connectivity index (χ0) is 16.5.